The number of nitrogens with zero attached hydrogens (tertiary/aromatic N) is 2. The molecule has 228 valence electrons. The van der Waals surface area contributed by atoms with Crippen molar-refractivity contribution in [3.05, 3.63) is 47.7 Å². The minimum Gasteiger partial charge on any atom is -0.451 e. The number of nitrogens with two attached hydrogens (primary N) is 1. The lowest BCUT2D eigenvalue weighted by molar-refractivity contribution is -0.170. The number of hydrazine groups is 1. The minimum absolute atomic E-state index is 0.334. The van der Waals surface area contributed by atoms with E-state index in [1.807, 2.05) is 37.3 Å². The average Bonchev–Trinajstić information content (AvgIpc) is 2.99. The van der Waals surface area contributed by atoms with E-state index < -0.39 is 66.4 Å². The molecule has 2 aromatic rings. The fraction of sp³-hybridized carbons (Fsp3) is 0.500. The number of hydrogen-bond acceptors (Lipinski definition) is 9. The number of amides is 3. The molecule has 42 heavy (non-hydrogen) atoms. The van der Waals surface area contributed by atoms with Gasteiger partial charge in [0.25, 0.3) is 11.8 Å². The molecule has 0 spiro atoms. The molecule has 0 saturated carbocycles. The van der Waals surface area contributed by atoms with Crippen molar-refractivity contribution in [2.75, 3.05) is 19.8 Å². The van der Waals surface area contributed by atoms with Gasteiger partial charge in [-0.25, -0.2) is 5.43 Å². The highest BCUT2D eigenvalue weighted by Gasteiger charge is 2.40. The molecule has 1 aliphatic heterocycles. The zero-order valence-corrected chi connectivity index (χ0v) is 24.5. The summed E-state index contributed by atoms with van der Waals surface area (Å²) in [6.45, 7) is 5.61. The number of aromatic nitrogens is 1. The fourth-order valence-corrected chi connectivity index (χ4v) is 4.55. The molecule has 12 heteroatoms. The van der Waals surface area contributed by atoms with E-state index in [9.17, 15) is 29.4 Å². The molecule has 1 aromatic heterocycles. The van der Waals surface area contributed by atoms with Crippen LogP contribution in [0.25, 0.3) is 17.0 Å². The molecular weight excluding hydrogens is 542 g/mol. The minimum atomic E-state index is -1.83. The van der Waals surface area contributed by atoms with Crippen LogP contribution >= 0.6 is 0 Å². The molecule has 3 rings (SSSR count). The first kappa shape index (κ1) is 32.6. The van der Waals surface area contributed by atoms with E-state index in [2.05, 4.69) is 15.7 Å². The summed E-state index contributed by atoms with van der Waals surface area (Å²) in [5.41, 5.74) is 8.69. The Morgan fingerprint density at radius 2 is 1.88 bits per heavy atom. The van der Waals surface area contributed by atoms with Crippen LogP contribution in [-0.2, 0) is 30.3 Å². The van der Waals surface area contributed by atoms with Gasteiger partial charge < -0.3 is 26.0 Å². The molecule has 2 heterocycles. The largest absolute Gasteiger partial charge is 0.451 e. The van der Waals surface area contributed by atoms with Crippen molar-refractivity contribution in [2.45, 2.75) is 65.1 Å². The Bertz CT molecular complexity index is 1320. The summed E-state index contributed by atoms with van der Waals surface area (Å²) in [5, 5.41) is 25.1. The van der Waals surface area contributed by atoms with Crippen LogP contribution in [0.15, 0.2) is 36.4 Å². The number of pyridine rings is 1. The molecule has 3 atom stereocenters. The smallest absolute Gasteiger partial charge is 0.321 e. The summed E-state index contributed by atoms with van der Waals surface area (Å²) in [7, 11) is 0. The van der Waals surface area contributed by atoms with Gasteiger partial charge in [0.15, 0.2) is 6.10 Å². The number of carbonyl (C=O) groups is 4. The molecule has 1 saturated heterocycles. The number of benzene rings is 1. The number of esters is 1. The van der Waals surface area contributed by atoms with Gasteiger partial charge in [0, 0.05) is 17.6 Å². The second kappa shape index (κ2) is 14.3. The lowest BCUT2D eigenvalue weighted by Crippen LogP contribution is -2.61. The standard InChI is InChI=1S/C30H41N5O7/c1-5-22-11-10-21-9-8-20(15-24(21)33-22)12-13-30(16-36,17-37)29(41)42-25(18(2)3)27(39)32-19(4)28(40)35-14-6-7-23(34-35)26(31)38/h8-13,15,18-19,23,25,34,36-37H,5-7,14,16-17H2,1-4H3,(H2,31,38)(H,32,39)/b13-12+/t19-,23-,25?/m0/s1. The van der Waals surface area contributed by atoms with Gasteiger partial charge in [-0.1, -0.05) is 51.1 Å². The van der Waals surface area contributed by atoms with Gasteiger partial charge in [0.1, 0.15) is 17.5 Å². The van der Waals surface area contributed by atoms with Crippen LogP contribution in [0.1, 0.15) is 51.8 Å². The summed E-state index contributed by atoms with van der Waals surface area (Å²) in [6.07, 6.45) is 3.47. The number of aliphatic hydroxyl groups is 2. The SMILES string of the molecule is CCc1ccc2ccc(/C=C/C(CO)(CO)C(=O)OC(C(=O)N[C@@H](C)C(=O)N3CCC[C@@H](C(N)=O)N3)C(C)C)cc2n1. The van der Waals surface area contributed by atoms with E-state index in [1.165, 1.54) is 18.0 Å². The van der Waals surface area contributed by atoms with Crippen LogP contribution in [0, 0.1) is 11.3 Å². The maximum Gasteiger partial charge on any atom is 0.321 e. The van der Waals surface area contributed by atoms with E-state index in [1.54, 1.807) is 19.9 Å². The van der Waals surface area contributed by atoms with Crippen LogP contribution in [0.3, 0.4) is 0 Å². The number of fused-ring (bicyclic) bond motifs is 1. The predicted molar refractivity (Wildman–Crippen MR) is 156 cm³/mol. The van der Waals surface area contributed by atoms with Gasteiger partial charge in [-0.15, -0.1) is 0 Å². The second-order valence-electron chi connectivity index (χ2n) is 10.9. The van der Waals surface area contributed by atoms with Gasteiger partial charge in [0.05, 0.1) is 18.7 Å². The van der Waals surface area contributed by atoms with Gasteiger partial charge in [-0.3, -0.25) is 29.2 Å². The number of carbonyl (C=O) groups excluding carboxylic acids is 4. The van der Waals surface area contributed by atoms with E-state index >= 15 is 0 Å². The number of primary amides is 1. The van der Waals surface area contributed by atoms with Crippen molar-refractivity contribution < 1.29 is 34.1 Å². The van der Waals surface area contributed by atoms with Gasteiger partial charge in [-0.2, -0.15) is 0 Å². The van der Waals surface area contributed by atoms with Crippen LogP contribution in [0.5, 0.6) is 0 Å². The number of aliphatic hydroxyl groups excluding tert-OH is 2. The molecule has 6 N–H and O–H groups in total. The molecular formula is C30H41N5O7. The molecule has 1 unspecified atom stereocenters. The molecule has 12 nitrogen and oxygen atoms in total. The highest BCUT2D eigenvalue weighted by Crippen LogP contribution is 2.25. The zero-order valence-electron chi connectivity index (χ0n) is 24.5. The van der Waals surface area contributed by atoms with Crippen molar-refractivity contribution >= 4 is 40.7 Å². The maximum absolute atomic E-state index is 13.3. The summed E-state index contributed by atoms with van der Waals surface area (Å²) in [4.78, 5) is 55.5. The lowest BCUT2D eigenvalue weighted by atomic mass is 9.88. The summed E-state index contributed by atoms with van der Waals surface area (Å²) < 4.78 is 5.55. The Hall–Kier alpha value is -3.87. The van der Waals surface area contributed by atoms with E-state index in [-0.39, 0.29) is 0 Å². The Morgan fingerprint density at radius 3 is 2.50 bits per heavy atom. The predicted octanol–water partition coefficient (Wildman–Crippen LogP) is 0.835. The van der Waals surface area contributed by atoms with Gasteiger partial charge in [0.2, 0.25) is 5.91 Å². The van der Waals surface area contributed by atoms with E-state index in [0.29, 0.717) is 24.9 Å². The first-order valence-electron chi connectivity index (χ1n) is 14.1. The summed E-state index contributed by atoms with van der Waals surface area (Å²) in [5.74, 6) is -3.28. The molecule has 0 aliphatic carbocycles. The Kier molecular flexibility index (Phi) is 11.1. The van der Waals surface area contributed by atoms with E-state index in [4.69, 9.17) is 10.5 Å². The topological polar surface area (TPSA) is 184 Å². The monoisotopic (exact) mass is 583 g/mol. The van der Waals surface area contributed by atoms with Crippen molar-refractivity contribution in [1.29, 1.82) is 0 Å². The average molecular weight is 584 g/mol. The van der Waals surface area contributed by atoms with Gasteiger partial charge in [-0.05, 0) is 49.8 Å². The first-order valence-corrected chi connectivity index (χ1v) is 14.1. The highest BCUT2D eigenvalue weighted by atomic mass is 16.6. The third kappa shape index (κ3) is 7.69. The molecule has 0 bridgehead atoms. The Balaban J connectivity index is 1.73. The third-order valence-corrected chi connectivity index (χ3v) is 7.32. The number of hydrogen-bond donors (Lipinski definition) is 5. The molecule has 1 aliphatic rings. The number of ether oxygens (including phenoxy) is 1. The number of nitrogens with one attached hydrogen (secondary N) is 2. The summed E-state index contributed by atoms with van der Waals surface area (Å²) in [6, 6.07) is 7.78. The van der Waals surface area contributed by atoms with Crippen LogP contribution < -0.4 is 16.5 Å². The van der Waals surface area contributed by atoms with E-state index in [0.717, 1.165) is 23.0 Å². The molecule has 1 fully saturated rings. The summed E-state index contributed by atoms with van der Waals surface area (Å²) >= 11 is 0. The fourth-order valence-electron chi connectivity index (χ4n) is 4.55. The van der Waals surface area contributed by atoms with Crippen LogP contribution in [0.2, 0.25) is 0 Å². The first-order chi connectivity index (χ1) is 19.9. The van der Waals surface area contributed by atoms with Crippen LogP contribution in [0.4, 0.5) is 0 Å². The molecule has 1 aromatic carbocycles. The Morgan fingerprint density at radius 1 is 1.19 bits per heavy atom. The van der Waals surface area contributed by atoms with Crippen molar-refractivity contribution in [1.82, 2.24) is 20.7 Å². The Labute approximate surface area is 245 Å². The normalized spacial score (nSPS) is 17.3. The second-order valence-corrected chi connectivity index (χ2v) is 10.9. The number of rotatable bonds is 12. The van der Waals surface area contributed by atoms with Crippen molar-refractivity contribution in [3.8, 4) is 0 Å². The molecule has 0 radical (unpaired) electrons. The highest BCUT2D eigenvalue weighted by molar-refractivity contribution is 5.91. The third-order valence-electron chi connectivity index (χ3n) is 7.32. The zero-order chi connectivity index (χ0) is 31.0. The van der Waals surface area contributed by atoms with Crippen LogP contribution in [-0.4, -0.2) is 81.8 Å². The van der Waals surface area contributed by atoms with Crippen molar-refractivity contribution in [3.63, 3.8) is 0 Å². The molecule has 3 amide bonds. The maximum atomic E-state index is 13.3. The quantitative estimate of drug-likeness (QED) is 0.226. The van der Waals surface area contributed by atoms with Crippen molar-refractivity contribution in [2.24, 2.45) is 17.1 Å². The van der Waals surface area contributed by atoms with Gasteiger partial charge >= 0.3 is 5.97 Å². The number of aryl methyl sites for hydroxylation is 1. The lowest BCUT2D eigenvalue weighted by Gasteiger charge is -2.34.